The highest BCUT2D eigenvalue weighted by Crippen LogP contribution is 2.33. The monoisotopic (exact) mass is 287 g/mol. The Labute approximate surface area is 124 Å². The summed E-state index contributed by atoms with van der Waals surface area (Å²) in [6.45, 7) is 2.35. The minimum atomic E-state index is -0.698. The van der Waals surface area contributed by atoms with Crippen LogP contribution in [-0.2, 0) is 9.59 Å². The number of aryl methyl sites for hydroxylation is 1. The standard InChI is InChI=1S/C16H21N3O2/c1-12-5-6-13(11-17-12)19-10-7-14(20)18-16(15(19)21)8-3-2-4-9-16/h5-6,11H,2-4,7-10H2,1H3,(H,18,20). The highest BCUT2D eigenvalue weighted by molar-refractivity contribution is 6.04. The summed E-state index contributed by atoms with van der Waals surface area (Å²) in [4.78, 5) is 31.1. The predicted octanol–water partition coefficient (Wildman–Crippen LogP) is 1.95. The van der Waals surface area contributed by atoms with Crippen LogP contribution in [0.3, 0.4) is 0 Å². The third-order valence-corrected chi connectivity index (χ3v) is 4.51. The van der Waals surface area contributed by atoms with Gasteiger partial charge in [0.1, 0.15) is 5.54 Å². The van der Waals surface area contributed by atoms with Gasteiger partial charge in [-0.25, -0.2) is 0 Å². The van der Waals surface area contributed by atoms with Crippen LogP contribution in [-0.4, -0.2) is 28.9 Å². The van der Waals surface area contributed by atoms with E-state index < -0.39 is 5.54 Å². The fraction of sp³-hybridized carbons (Fsp3) is 0.562. The molecule has 5 heteroatoms. The first kappa shape index (κ1) is 14.0. The molecule has 1 aromatic rings. The van der Waals surface area contributed by atoms with Gasteiger partial charge in [-0.15, -0.1) is 0 Å². The van der Waals surface area contributed by atoms with E-state index in [1.165, 1.54) is 0 Å². The first-order valence-electron chi connectivity index (χ1n) is 7.66. The van der Waals surface area contributed by atoms with Crippen LogP contribution >= 0.6 is 0 Å². The van der Waals surface area contributed by atoms with Gasteiger partial charge in [-0.05, 0) is 31.9 Å². The second-order valence-electron chi connectivity index (χ2n) is 6.06. The number of carbonyl (C=O) groups is 2. The Bertz CT molecular complexity index is 547. The Morgan fingerprint density at radius 3 is 2.62 bits per heavy atom. The number of pyridine rings is 1. The lowest BCUT2D eigenvalue weighted by molar-refractivity contribution is -0.131. The van der Waals surface area contributed by atoms with E-state index in [0.717, 1.165) is 43.5 Å². The van der Waals surface area contributed by atoms with E-state index in [2.05, 4.69) is 10.3 Å². The Morgan fingerprint density at radius 1 is 1.19 bits per heavy atom. The van der Waals surface area contributed by atoms with Gasteiger partial charge in [0.2, 0.25) is 5.91 Å². The van der Waals surface area contributed by atoms with Crippen molar-refractivity contribution in [1.82, 2.24) is 10.3 Å². The molecule has 1 N–H and O–H groups in total. The summed E-state index contributed by atoms with van der Waals surface area (Å²) in [5.41, 5.74) is 1.01. The topological polar surface area (TPSA) is 62.3 Å². The molecule has 1 aliphatic heterocycles. The number of amides is 2. The van der Waals surface area contributed by atoms with Crippen LogP contribution in [0.4, 0.5) is 5.69 Å². The SMILES string of the molecule is Cc1ccc(N2CCC(=O)NC3(CCCCC3)C2=O)cn1. The second kappa shape index (κ2) is 5.47. The molecule has 112 valence electrons. The zero-order chi connectivity index (χ0) is 14.9. The molecular weight excluding hydrogens is 266 g/mol. The molecule has 1 saturated heterocycles. The predicted molar refractivity (Wildman–Crippen MR) is 79.9 cm³/mol. The molecule has 0 atom stereocenters. The summed E-state index contributed by atoms with van der Waals surface area (Å²) < 4.78 is 0. The van der Waals surface area contributed by atoms with Gasteiger partial charge >= 0.3 is 0 Å². The molecule has 3 rings (SSSR count). The number of anilines is 1. The van der Waals surface area contributed by atoms with Crippen molar-refractivity contribution in [2.75, 3.05) is 11.4 Å². The van der Waals surface area contributed by atoms with Crippen LogP contribution in [0.25, 0.3) is 0 Å². The van der Waals surface area contributed by atoms with Crippen LogP contribution in [0.2, 0.25) is 0 Å². The molecule has 1 aromatic heterocycles. The summed E-state index contributed by atoms with van der Waals surface area (Å²) in [5.74, 6) is 0.00604. The molecule has 2 amide bonds. The van der Waals surface area contributed by atoms with Crippen LogP contribution < -0.4 is 10.2 Å². The minimum absolute atomic E-state index is 0.0205. The summed E-state index contributed by atoms with van der Waals surface area (Å²) in [5, 5.41) is 3.00. The molecule has 1 spiro atoms. The average Bonchev–Trinajstić information content (AvgIpc) is 2.60. The first-order valence-corrected chi connectivity index (χ1v) is 7.66. The lowest BCUT2D eigenvalue weighted by Crippen LogP contribution is -2.58. The number of carbonyl (C=O) groups excluding carboxylic acids is 2. The maximum atomic E-state index is 13.0. The molecule has 0 aromatic carbocycles. The summed E-state index contributed by atoms with van der Waals surface area (Å²) in [7, 11) is 0. The molecule has 0 bridgehead atoms. The van der Waals surface area contributed by atoms with Gasteiger partial charge in [0.25, 0.3) is 5.91 Å². The Kier molecular flexibility index (Phi) is 3.66. The largest absolute Gasteiger partial charge is 0.342 e. The molecule has 0 radical (unpaired) electrons. The third-order valence-electron chi connectivity index (χ3n) is 4.51. The molecule has 21 heavy (non-hydrogen) atoms. The van der Waals surface area contributed by atoms with Crippen LogP contribution in [0.5, 0.6) is 0 Å². The van der Waals surface area contributed by atoms with Crippen LogP contribution in [0.15, 0.2) is 18.3 Å². The smallest absolute Gasteiger partial charge is 0.252 e. The van der Waals surface area contributed by atoms with E-state index in [0.29, 0.717) is 13.0 Å². The van der Waals surface area contributed by atoms with Gasteiger partial charge in [-0.1, -0.05) is 19.3 Å². The number of rotatable bonds is 1. The van der Waals surface area contributed by atoms with E-state index in [9.17, 15) is 9.59 Å². The van der Waals surface area contributed by atoms with E-state index in [1.54, 1.807) is 11.1 Å². The minimum Gasteiger partial charge on any atom is -0.342 e. The number of hydrogen-bond acceptors (Lipinski definition) is 3. The highest BCUT2D eigenvalue weighted by Gasteiger charge is 2.45. The Hall–Kier alpha value is -1.91. The second-order valence-corrected chi connectivity index (χ2v) is 6.06. The molecular formula is C16H21N3O2. The summed E-state index contributed by atoms with van der Waals surface area (Å²) in [6, 6.07) is 3.81. The van der Waals surface area contributed by atoms with Crippen molar-refractivity contribution in [2.24, 2.45) is 0 Å². The number of nitrogens with one attached hydrogen (secondary N) is 1. The van der Waals surface area contributed by atoms with Crippen molar-refractivity contribution in [3.05, 3.63) is 24.0 Å². The number of hydrogen-bond donors (Lipinski definition) is 1. The van der Waals surface area contributed by atoms with Gasteiger partial charge in [-0.2, -0.15) is 0 Å². The fourth-order valence-electron chi connectivity index (χ4n) is 3.32. The lowest BCUT2D eigenvalue weighted by Gasteiger charge is -2.38. The number of nitrogens with zero attached hydrogens (tertiary/aromatic N) is 2. The van der Waals surface area contributed by atoms with Crippen molar-refractivity contribution in [3.8, 4) is 0 Å². The summed E-state index contributed by atoms with van der Waals surface area (Å²) in [6.07, 6.45) is 6.68. The Balaban J connectivity index is 1.94. The molecule has 1 saturated carbocycles. The first-order chi connectivity index (χ1) is 10.1. The molecule has 5 nitrogen and oxygen atoms in total. The van der Waals surface area contributed by atoms with E-state index >= 15 is 0 Å². The number of aromatic nitrogens is 1. The van der Waals surface area contributed by atoms with E-state index in [1.807, 2.05) is 19.1 Å². The highest BCUT2D eigenvalue weighted by atomic mass is 16.2. The Morgan fingerprint density at radius 2 is 1.95 bits per heavy atom. The van der Waals surface area contributed by atoms with Gasteiger partial charge in [0, 0.05) is 18.7 Å². The van der Waals surface area contributed by atoms with E-state index in [4.69, 9.17) is 0 Å². The van der Waals surface area contributed by atoms with Gasteiger partial charge in [-0.3, -0.25) is 14.6 Å². The third kappa shape index (κ3) is 2.64. The van der Waals surface area contributed by atoms with Crippen molar-refractivity contribution in [3.63, 3.8) is 0 Å². The molecule has 0 unspecified atom stereocenters. The molecule has 2 fully saturated rings. The van der Waals surface area contributed by atoms with Crippen molar-refractivity contribution < 1.29 is 9.59 Å². The fourth-order valence-corrected chi connectivity index (χ4v) is 3.32. The van der Waals surface area contributed by atoms with Gasteiger partial charge in [0.15, 0.2) is 0 Å². The molecule has 2 aliphatic rings. The van der Waals surface area contributed by atoms with Crippen LogP contribution in [0, 0.1) is 6.92 Å². The molecule has 1 aliphatic carbocycles. The normalized spacial score (nSPS) is 22.0. The van der Waals surface area contributed by atoms with Crippen molar-refractivity contribution >= 4 is 17.5 Å². The van der Waals surface area contributed by atoms with Crippen molar-refractivity contribution in [2.45, 2.75) is 51.0 Å². The summed E-state index contributed by atoms with van der Waals surface area (Å²) >= 11 is 0. The maximum absolute atomic E-state index is 13.0. The average molecular weight is 287 g/mol. The van der Waals surface area contributed by atoms with Crippen molar-refractivity contribution in [1.29, 1.82) is 0 Å². The lowest BCUT2D eigenvalue weighted by atomic mass is 9.80. The van der Waals surface area contributed by atoms with E-state index in [-0.39, 0.29) is 11.8 Å². The molecule has 2 heterocycles. The van der Waals surface area contributed by atoms with Crippen LogP contribution in [0.1, 0.15) is 44.2 Å². The maximum Gasteiger partial charge on any atom is 0.252 e. The van der Waals surface area contributed by atoms with Gasteiger partial charge < -0.3 is 10.2 Å². The zero-order valence-corrected chi connectivity index (χ0v) is 12.4. The quantitative estimate of drug-likeness (QED) is 0.858. The van der Waals surface area contributed by atoms with Gasteiger partial charge in [0.05, 0.1) is 11.9 Å². The zero-order valence-electron chi connectivity index (χ0n) is 12.4.